The van der Waals surface area contributed by atoms with E-state index in [1.54, 1.807) is 14.0 Å². The number of imide groups is 2. The second-order valence-corrected chi connectivity index (χ2v) is 5.10. The molecule has 6 nitrogen and oxygen atoms in total. The van der Waals surface area contributed by atoms with Crippen LogP contribution in [0.1, 0.15) is 24.5 Å². The van der Waals surface area contributed by atoms with Crippen LogP contribution in [0.15, 0.2) is 24.3 Å². The van der Waals surface area contributed by atoms with Gasteiger partial charge in [-0.15, -0.1) is 0 Å². The normalized spacial score (nSPS) is 17.3. The zero-order valence-corrected chi connectivity index (χ0v) is 12.1. The Labute approximate surface area is 122 Å². The first-order chi connectivity index (χ1) is 10.0. The van der Waals surface area contributed by atoms with Gasteiger partial charge < -0.3 is 4.74 Å². The second kappa shape index (κ2) is 6.05. The Balaban J connectivity index is 2.23. The molecule has 1 saturated heterocycles. The molecule has 4 amide bonds. The number of barbiturate groups is 1. The van der Waals surface area contributed by atoms with Crippen LogP contribution in [-0.4, -0.2) is 25.0 Å². The van der Waals surface area contributed by atoms with Gasteiger partial charge in [0.05, 0.1) is 6.61 Å². The van der Waals surface area contributed by atoms with Crippen molar-refractivity contribution in [2.45, 2.75) is 26.4 Å². The van der Waals surface area contributed by atoms with Crippen LogP contribution in [-0.2, 0) is 27.4 Å². The van der Waals surface area contributed by atoms with Crippen molar-refractivity contribution >= 4 is 17.8 Å². The molecular weight excluding hydrogens is 272 g/mol. The van der Waals surface area contributed by atoms with E-state index in [1.807, 2.05) is 24.3 Å². The first-order valence-electron chi connectivity index (χ1n) is 6.75. The molecule has 1 fully saturated rings. The van der Waals surface area contributed by atoms with Gasteiger partial charge in [0.1, 0.15) is 5.41 Å². The van der Waals surface area contributed by atoms with Crippen molar-refractivity contribution < 1.29 is 19.1 Å². The van der Waals surface area contributed by atoms with Crippen LogP contribution in [0.3, 0.4) is 0 Å². The average molecular weight is 290 g/mol. The minimum atomic E-state index is -1.24. The number of benzene rings is 1. The highest BCUT2D eigenvalue weighted by atomic mass is 16.5. The number of ether oxygens (including phenoxy) is 1. The van der Waals surface area contributed by atoms with Crippen molar-refractivity contribution in [3.8, 4) is 0 Å². The molecule has 1 aliphatic heterocycles. The summed E-state index contributed by atoms with van der Waals surface area (Å²) in [7, 11) is 1.62. The fourth-order valence-electron chi connectivity index (χ4n) is 2.46. The monoisotopic (exact) mass is 290 g/mol. The van der Waals surface area contributed by atoms with Gasteiger partial charge in [-0.25, -0.2) is 4.79 Å². The van der Waals surface area contributed by atoms with Gasteiger partial charge in [-0.3, -0.25) is 20.2 Å². The quantitative estimate of drug-likeness (QED) is 0.796. The molecule has 0 bridgehead atoms. The van der Waals surface area contributed by atoms with Crippen LogP contribution < -0.4 is 10.6 Å². The highest BCUT2D eigenvalue weighted by molar-refractivity contribution is 6.19. The summed E-state index contributed by atoms with van der Waals surface area (Å²) in [6.07, 6.45) is 0.569. The predicted octanol–water partition coefficient (Wildman–Crippen LogP) is 1.14. The third-order valence-electron chi connectivity index (χ3n) is 3.77. The minimum absolute atomic E-state index is 0.252. The molecule has 0 aromatic heterocycles. The SMILES string of the molecule is CCC1(Cc2ccc(COC)cc2)C(=O)NC(=O)NC1=O. The predicted molar refractivity (Wildman–Crippen MR) is 75.3 cm³/mol. The van der Waals surface area contributed by atoms with Gasteiger partial charge in [-0.05, 0) is 24.0 Å². The first-order valence-corrected chi connectivity index (χ1v) is 6.75. The molecule has 21 heavy (non-hydrogen) atoms. The highest BCUT2D eigenvalue weighted by Gasteiger charge is 2.48. The van der Waals surface area contributed by atoms with Crippen LogP contribution in [0.25, 0.3) is 0 Å². The Bertz CT molecular complexity index is 546. The van der Waals surface area contributed by atoms with Gasteiger partial charge in [0.2, 0.25) is 11.8 Å². The van der Waals surface area contributed by atoms with Gasteiger partial charge in [0, 0.05) is 7.11 Å². The fraction of sp³-hybridized carbons (Fsp3) is 0.400. The molecule has 1 aromatic carbocycles. The third kappa shape index (κ3) is 2.95. The van der Waals surface area contributed by atoms with Crippen molar-refractivity contribution in [3.05, 3.63) is 35.4 Å². The van der Waals surface area contributed by atoms with Crippen molar-refractivity contribution in [1.29, 1.82) is 0 Å². The molecule has 0 saturated carbocycles. The Morgan fingerprint density at radius 3 is 2.00 bits per heavy atom. The van der Waals surface area contributed by atoms with Gasteiger partial charge >= 0.3 is 6.03 Å². The van der Waals surface area contributed by atoms with Crippen molar-refractivity contribution in [3.63, 3.8) is 0 Å². The number of carbonyl (C=O) groups excluding carboxylic acids is 3. The fourth-order valence-corrected chi connectivity index (χ4v) is 2.46. The Morgan fingerprint density at radius 2 is 1.52 bits per heavy atom. The standard InChI is InChI=1S/C15H18N2O4/c1-3-15(12(18)16-14(20)17-13(15)19)8-10-4-6-11(7-5-10)9-21-2/h4-7H,3,8-9H2,1-2H3,(H2,16,17,18,19,20). The Kier molecular flexibility index (Phi) is 4.37. The van der Waals surface area contributed by atoms with Crippen molar-refractivity contribution in [2.75, 3.05) is 7.11 Å². The molecule has 6 heteroatoms. The van der Waals surface area contributed by atoms with Crippen LogP contribution in [0, 0.1) is 5.41 Å². The lowest BCUT2D eigenvalue weighted by Crippen LogP contribution is -2.63. The smallest absolute Gasteiger partial charge is 0.328 e. The maximum absolute atomic E-state index is 12.1. The summed E-state index contributed by atoms with van der Waals surface area (Å²) >= 11 is 0. The molecule has 1 heterocycles. The number of carbonyl (C=O) groups is 3. The molecule has 0 atom stereocenters. The summed E-state index contributed by atoms with van der Waals surface area (Å²) in [6.45, 7) is 2.27. The number of nitrogens with one attached hydrogen (secondary N) is 2. The van der Waals surface area contributed by atoms with E-state index in [2.05, 4.69) is 10.6 Å². The number of hydrogen-bond acceptors (Lipinski definition) is 4. The van der Waals surface area contributed by atoms with E-state index < -0.39 is 23.3 Å². The second-order valence-electron chi connectivity index (χ2n) is 5.10. The van der Waals surface area contributed by atoms with Crippen LogP contribution >= 0.6 is 0 Å². The van der Waals surface area contributed by atoms with Crippen LogP contribution in [0.5, 0.6) is 0 Å². The lowest BCUT2D eigenvalue weighted by atomic mass is 9.76. The van der Waals surface area contributed by atoms with Gasteiger partial charge in [-0.1, -0.05) is 31.2 Å². The van der Waals surface area contributed by atoms with Crippen molar-refractivity contribution in [1.82, 2.24) is 10.6 Å². The Hall–Kier alpha value is -2.21. The summed E-state index contributed by atoms with van der Waals surface area (Å²) in [5.74, 6) is -1.08. The number of hydrogen-bond donors (Lipinski definition) is 2. The molecule has 0 unspecified atom stereocenters. The molecule has 1 aromatic rings. The summed E-state index contributed by atoms with van der Waals surface area (Å²) in [5, 5.41) is 4.35. The van der Waals surface area contributed by atoms with Gasteiger partial charge in [0.15, 0.2) is 0 Å². The van der Waals surface area contributed by atoms with Gasteiger partial charge in [-0.2, -0.15) is 0 Å². The molecule has 2 N–H and O–H groups in total. The van der Waals surface area contributed by atoms with E-state index in [-0.39, 0.29) is 6.42 Å². The number of methoxy groups -OCH3 is 1. The van der Waals surface area contributed by atoms with E-state index in [0.717, 1.165) is 11.1 Å². The summed E-state index contributed by atoms with van der Waals surface area (Å²) in [5.41, 5.74) is 0.632. The van der Waals surface area contributed by atoms with Crippen LogP contribution in [0.2, 0.25) is 0 Å². The molecule has 112 valence electrons. The lowest BCUT2D eigenvalue weighted by molar-refractivity contribution is -0.144. The van der Waals surface area contributed by atoms with E-state index in [0.29, 0.717) is 13.0 Å². The summed E-state index contributed by atoms with van der Waals surface area (Å²) in [4.78, 5) is 35.4. The molecule has 0 aliphatic carbocycles. The number of rotatable bonds is 5. The average Bonchev–Trinajstić information content (AvgIpc) is 2.45. The molecular formula is C15H18N2O4. The molecule has 0 radical (unpaired) electrons. The number of amides is 4. The minimum Gasteiger partial charge on any atom is -0.380 e. The zero-order valence-electron chi connectivity index (χ0n) is 12.1. The third-order valence-corrected chi connectivity index (χ3v) is 3.77. The maximum Gasteiger partial charge on any atom is 0.328 e. The van der Waals surface area contributed by atoms with E-state index in [4.69, 9.17) is 4.74 Å². The first kappa shape index (κ1) is 15.2. The molecule has 2 rings (SSSR count). The molecule has 1 aliphatic rings. The largest absolute Gasteiger partial charge is 0.380 e. The zero-order chi connectivity index (χ0) is 15.5. The maximum atomic E-state index is 12.1. The Morgan fingerprint density at radius 1 is 1.00 bits per heavy atom. The topological polar surface area (TPSA) is 84.5 Å². The highest BCUT2D eigenvalue weighted by Crippen LogP contribution is 2.30. The van der Waals surface area contributed by atoms with E-state index in [1.165, 1.54) is 0 Å². The number of urea groups is 1. The summed E-state index contributed by atoms with van der Waals surface area (Å²) in [6, 6.07) is 6.76. The lowest BCUT2D eigenvalue weighted by Gasteiger charge is -2.33. The van der Waals surface area contributed by atoms with Crippen LogP contribution in [0.4, 0.5) is 4.79 Å². The van der Waals surface area contributed by atoms with Gasteiger partial charge in [0.25, 0.3) is 0 Å². The van der Waals surface area contributed by atoms with Crippen molar-refractivity contribution in [2.24, 2.45) is 5.41 Å². The molecule has 0 spiro atoms. The summed E-state index contributed by atoms with van der Waals surface area (Å²) < 4.78 is 5.04. The van der Waals surface area contributed by atoms with E-state index >= 15 is 0 Å². The van der Waals surface area contributed by atoms with E-state index in [9.17, 15) is 14.4 Å².